The molecule has 0 rings (SSSR count). The van der Waals surface area contributed by atoms with Gasteiger partial charge in [0.15, 0.2) is 0 Å². The van der Waals surface area contributed by atoms with Crippen LogP contribution in [-0.2, 0) is 17.4 Å². The summed E-state index contributed by atoms with van der Waals surface area (Å²) in [6.07, 6.45) is 2.23. The molecule has 0 saturated heterocycles. The van der Waals surface area contributed by atoms with E-state index in [9.17, 15) is 4.79 Å². The molecule has 0 atom stereocenters. The quantitative estimate of drug-likeness (QED) is 0.329. The Morgan fingerprint density at radius 2 is 2.44 bits per heavy atom. The van der Waals surface area contributed by atoms with Gasteiger partial charge in [-0.3, -0.25) is 4.79 Å². The number of nitrogens with one attached hydrogen (secondary N) is 1. The van der Waals surface area contributed by atoms with Gasteiger partial charge in [0.25, 0.3) is 0 Å². The van der Waals surface area contributed by atoms with Crippen molar-refractivity contribution in [3.63, 3.8) is 0 Å². The van der Waals surface area contributed by atoms with Crippen LogP contribution in [0.4, 0.5) is 0 Å². The van der Waals surface area contributed by atoms with Crippen molar-refractivity contribution in [1.82, 2.24) is 5.32 Å². The second-order valence-electron chi connectivity index (χ2n) is 1.60. The minimum atomic E-state index is -0.102. The number of hydrogen-bond donors (Lipinski definition) is 1. The van der Waals surface area contributed by atoms with Gasteiger partial charge < -0.3 is 5.32 Å². The predicted octanol–water partition coefficient (Wildman–Crippen LogP) is -0.310. The third-order valence-electron chi connectivity index (χ3n) is 0.838. The molecule has 0 aromatic heterocycles. The van der Waals surface area contributed by atoms with Crippen LogP contribution in [-0.4, -0.2) is 18.2 Å². The molecule has 0 aliphatic heterocycles. The van der Waals surface area contributed by atoms with Crippen LogP contribution in [0.2, 0.25) is 0 Å². The van der Waals surface area contributed by atoms with Gasteiger partial charge in [0, 0.05) is 13.0 Å². The molecule has 0 bridgehead atoms. The third-order valence-corrected chi connectivity index (χ3v) is 1.19. The summed E-state index contributed by atoms with van der Waals surface area (Å²) >= 11 is 3.29. The van der Waals surface area contributed by atoms with Gasteiger partial charge in [0.1, 0.15) is 5.75 Å². The molecule has 1 N–H and O–H groups in total. The summed E-state index contributed by atoms with van der Waals surface area (Å²) in [7, 11) is 0. The molecule has 3 heteroatoms. The molecular weight excluding hydrogens is 134 g/mol. The van der Waals surface area contributed by atoms with Gasteiger partial charge in [-0.25, -0.2) is 0 Å². The van der Waals surface area contributed by atoms with Crippen molar-refractivity contribution in [3.05, 3.63) is 12.7 Å². The van der Waals surface area contributed by atoms with Crippen LogP contribution in [0.15, 0.2) is 12.7 Å². The lowest BCUT2D eigenvalue weighted by Gasteiger charge is -1.95. The minimum absolute atomic E-state index is 0.102. The molecule has 0 aliphatic rings. The molecular formula is C6H12NOS+. The standard InChI is InChI=1S/C6H11NOS/c1-2-6(8)7-4-3-5-9/h2,9H,1,3-5H2,(H,7,8)/p+1. The van der Waals surface area contributed by atoms with Gasteiger partial charge >= 0.3 is 0 Å². The third kappa shape index (κ3) is 5.43. The van der Waals surface area contributed by atoms with Crippen LogP contribution in [0.3, 0.4) is 0 Å². The van der Waals surface area contributed by atoms with E-state index in [0.29, 0.717) is 6.54 Å². The zero-order valence-electron chi connectivity index (χ0n) is 5.31. The lowest BCUT2D eigenvalue weighted by molar-refractivity contribution is -0.116. The van der Waals surface area contributed by atoms with Gasteiger partial charge in [0.2, 0.25) is 5.91 Å². The van der Waals surface area contributed by atoms with Crippen molar-refractivity contribution in [1.29, 1.82) is 0 Å². The fraction of sp³-hybridized carbons (Fsp3) is 0.500. The maximum atomic E-state index is 10.4. The highest BCUT2D eigenvalue weighted by Crippen LogP contribution is 1.73. The van der Waals surface area contributed by atoms with E-state index in [2.05, 4.69) is 24.5 Å². The summed E-state index contributed by atoms with van der Waals surface area (Å²) < 4.78 is 0. The Bertz CT molecular complexity index is 103. The van der Waals surface area contributed by atoms with Crippen LogP contribution in [0, 0.1) is 0 Å². The second-order valence-corrected chi connectivity index (χ2v) is 2.10. The fourth-order valence-electron chi connectivity index (χ4n) is 0.372. The van der Waals surface area contributed by atoms with Crippen LogP contribution in [0.25, 0.3) is 0 Å². The van der Waals surface area contributed by atoms with E-state index in [0.717, 1.165) is 12.2 Å². The highest BCUT2D eigenvalue weighted by molar-refractivity contribution is 7.58. The van der Waals surface area contributed by atoms with Gasteiger partial charge in [0.05, 0.1) is 0 Å². The molecule has 0 unspecified atom stereocenters. The van der Waals surface area contributed by atoms with Crippen molar-refractivity contribution < 1.29 is 4.79 Å². The van der Waals surface area contributed by atoms with Crippen molar-refractivity contribution in [3.8, 4) is 0 Å². The van der Waals surface area contributed by atoms with E-state index in [-0.39, 0.29) is 5.91 Å². The first kappa shape index (κ1) is 8.56. The van der Waals surface area contributed by atoms with Crippen molar-refractivity contribution in [2.45, 2.75) is 6.42 Å². The number of rotatable bonds is 4. The highest BCUT2D eigenvalue weighted by atomic mass is 32.1. The number of carbonyl (C=O) groups is 1. The Hall–Kier alpha value is -0.440. The molecule has 0 heterocycles. The topological polar surface area (TPSA) is 29.1 Å². The second kappa shape index (κ2) is 5.69. The normalized spacial score (nSPS) is 8.56. The Morgan fingerprint density at radius 1 is 1.78 bits per heavy atom. The van der Waals surface area contributed by atoms with Crippen molar-refractivity contribution in [2.75, 3.05) is 12.3 Å². The van der Waals surface area contributed by atoms with Gasteiger partial charge in [-0.1, -0.05) is 6.58 Å². The molecule has 1 amide bonds. The maximum Gasteiger partial charge on any atom is 0.243 e. The lowest BCUT2D eigenvalue weighted by atomic mass is 10.4. The first-order valence-electron chi connectivity index (χ1n) is 2.86. The van der Waals surface area contributed by atoms with Gasteiger partial charge in [-0.15, -0.1) is 0 Å². The first-order valence-corrected chi connectivity index (χ1v) is 3.57. The average Bonchev–Trinajstić information content (AvgIpc) is 1.89. The summed E-state index contributed by atoms with van der Waals surface area (Å²) in [6.45, 7) is 4.03. The monoisotopic (exact) mass is 146 g/mol. The SMILES string of the molecule is C=CC(=O)NCCC[SH2+]. The van der Waals surface area contributed by atoms with Crippen LogP contribution < -0.4 is 5.32 Å². The summed E-state index contributed by atoms with van der Waals surface area (Å²) in [5.41, 5.74) is 0. The number of hydrogen-bond acceptors (Lipinski definition) is 1. The number of carbonyl (C=O) groups excluding carboxylic acids is 1. The molecule has 0 aromatic rings. The van der Waals surface area contributed by atoms with E-state index in [1.54, 1.807) is 0 Å². The minimum Gasteiger partial charge on any atom is -0.352 e. The highest BCUT2D eigenvalue weighted by Gasteiger charge is 1.90. The van der Waals surface area contributed by atoms with Crippen LogP contribution in [0.5, 0.6) is 0 Å². The molecule has 2 nitrogen and oxygen atoms in total. The Balaban J connectivity index is 3.07. The Kier molecular flexibility index (Phi) is 5.41. The summed E-state index contributed by atoms with van der Waals surface area (Å²) in [5, 5.41) is 2.65. The smallest absolute Gasteiger partial charge is 0.243 e. The molecule has 0 fully saturated rings. The summed E-state index contributed by atoms with van der Waals surface area (Å²) in [6, 6.07) is 0. The van der Waals surface area contributed by atoms with Crippen molar-refractivity contribution in [2.24, 2.45) is 0 Å². The van der Waals surface area contributed by atoms with Gasteiger partial charge in [-0.2, -0.15) is 0 Å². The maximum absolute atomic E-state index is 10.4. The van der Waals surface area contributed by atoms with E-state index in [4.69, 9.17) is 0 Å². The van der Waals surface area contributed by atoms with E-state index < -0.39 is 0 Å². The zero-order chi connectivity index (χ0) is 7.11. The molecule has 0 aromatic carbocycles. The average molecular weight is 146 g/mol. The molecule has 0 saturated carbocycles. The largest absolute Gasteiger partial charge is 0.352 e. The molecule has 52 valence electrons. The van der Waals surface area contributed by atoms with Crippen LogP contribution in [0.1, 0.15) is 6.42 Å². The Morgan fingerprint density at radius 3 is 2.89 bits per heavy atom. The van der Waals surface area contributed by atoms with E-state index in [1.807, 2.05) is 0 Å². The zero-order valence-corrected chi connectivity index (χ0v) is 6.31. The van der Waals surface area contributed by atoms with Crippen LogP contribution >= 0.6 is 0 Å². The number of amides is 1. The predicted molar refractivity (Wildman–Crippen MR) is 42.8 cm³/mol. The Labute approximate surface area is 60.7 Å². The molecule has 0 radical (unpaired) electrons. The molecule has 0 aliphatic carbocycles. The summed E-state index contributed by atoms with van der Waals surface area (Å²) in [5.74, 6) is 0.812. The molecule has 0 spiro atoms. The van der Waals surface area contributed by atoms with Gasteiger partial charge in [-0.05, 0) is 18.7 Å². The summed E-state index contributed by atoms with van der Waals surface area (Å²) in [4.78, 5) is 10.4. The lowest BCUT2D eigenvalue weighted by Crippen LogP contribution is -2.22. The van der Waals surface area contributed by atoms with Crippen molar-refractivity contribution >= 4 is 18.5 Å². The first-order chi connectivity index (χ1) is 4.31. The fourth-order valence-corrected chi connectivity index (χ4v) is 0.549. The molecule has 9 heavy (non-hydrogen) atoms. The van der Waals surface area contributed by atoms with E-state index in [1.165, 1.54) is 6.08 Å². The van der Waals surface area contributed by atoms with E-state index >= 15 is 0 Å².